The number of nitrogens with zero attached hydrogens (tertiary/aromatic N) is 3. The molecule has 8 heteroatoms. The Morgan fingerprint density at radius 2 is 2.00 bits per heavy atom. The molecule has 1 aliphatic rings. The monoisotopic (exact) mass is 427 g/mol. The molecule has 1 aliphatic heterocycles. The number of hydrogen-bond acceptors (Lipinski definition) is 4. The number of aliphatic hydroxyl groups excluding tert-OH is 1. The van der Waals surface area contributed by atoms with Crippen molar-refractivity contribution in [2.45, 2.75) is 12.8 Å². The van der Waals surface area contributed by atoms with Crippen molar-refractivity contribution in [1.82, 2.24) is 14.7 Å². The molecule has 2 amide bonds. The lowest BCUT2D eigenvalue weighted by Crippen LogP contribution is -2.36. The van der Waals surface area contributed by atoms with Gasteiger partial charge < -0.3 is 19.8 Å². The first kappa shape index (κ1) is 22.7. The first-order chi connectivity index (χ1) is 13.4. The van der Waals surface area contributed by atoms with Crippen molar-refractivity contribution in [3.63, 3.8) is 0 Å². The molecule has 0 spiro atoms. The number of rotatable bonds is 8. The molecule has 1 N–H and O–H groups in total. The number of carbonyl (C=O) groups excluding carboxylic acids is 2. The smallest absolute Gasteiger partial charge is 0.246 e. The predicted octanol–water partition coefficient (Wildman–Crippen LogP) is 2.38. The third-order valence-corrected chi connectivity index (χ3v) is 5.45. The first-order valence-electron chi connectivity index (χ1n) is 9.40. The Balaban J connectivity index is 1.85. The highest BCUT2D eigenvalue weighted by Crippen LogP contribution is 2.23. The Kier molecular flexibility index (Phi) is 9.25. The zero-order valence-electron chi connectivity index (χ0n) is 16.1. The van der Waals surface area contributed by atoms with Gasteiger partial charge >= 0.3 is 0 Å². The van der Waals surface area contributed by atoms with Crippen molar-refractivity contribution < 1.29 is 14.7 Å². The summed E-state index contributed by atoms with van der Waals surface area (Å²) in [4.78, 5) is 30.4. The largest absolute Gasteiger partial charge is 0.395 e. The fourth-order valence-electron chi connectivity index (χ4n) is 3.03. The van der Waals surface area contributed by atoms with Crippen LogP contribution in [0.2, 0.25) is 10.0 Å². The Morgan fingerprint density at radius 1 is 1.21 bits per heavy atom. The summed E-state index contributed by atoms with van der Waals surface area (Å²) in [6, 6.07) is 5.18. The second-order valence-corrected chi connectivity index (χ2v) is 7.66. The Morgan fingerprint density at radius 3 is 2.71 bits per heavy atom. The Bertz CT molecular complexity index is 712. The molecule has 1 fully saturated rings. The van der Waals surface area contributed by atoms with Gasteiger partial charge in [0.05, 0.1) is 16.7 Å². The van der Waals surface area contributed by atoms with Gasteiger partial charge in [-0.3, -0.25) is 9.59 Å². The van der Waals surface area contributed by atoms with Gasteiger partial charge in [-0.15, -0.1) is 0 Å². The van der Waals surface area contributed by atoms with Crippen LogP contribution in [0.1, 0.15) is 18.4 Å². The van der Waals surface area contributed by atoms with E-state index in [1.54, 1.807) is 29.2 Å². The summed E-state index contributed by atoms with van der Waals surface area (Å²) in [5.74, 6) is -0.0445. The highest BCUT2D eigenvalue weighted by atomic mass is 35.5. The molecule has 0 aromatic heterocycles. The second-order valence-electron chi connectivity index (χ2n) is 6.84. The lowest BCUT2D eigenvalue weighted by Gasteiger charge is -2.23. The van der Waals surface area contributed by atoms with Crippen molar-refractivity contribution in [2.24, 2.45) is 0 Å². The van der Waals surface area contributed by atoms with Gasteiger partial charge in [-0.1, -0.05) is 29.3 Å². The van der Waals surface area contributed by atoms with Crippen LogP contribution in [-0.2, 0) is 9.59 Å². The second kappa shape index (κ2) is 11.4. The number of hydrogen-bond donors (Lipinski definition) is 1. The van der Waals surface area contributed by atoms with Crippen LogP contribution < -0.4 is 0 Å². The highest BCUT2D eigenvalue weighted by Gasteiger charge is 2.22. The lowest BCUT2D eigenvalue weighted by molar-refractivity contribution is -0.130. The van der Waals surface area contributed by atoms with Crippen LogP contribution in [0.25, 0.3) is 6.08 Å². The average molecular weight is 428 g/mol. The van der Waals surface area contributed by atoms with Gasteiger partial charge in [0.25, 0.3) is 0 Å². The minimum absolute atomic E-state index is 0.0774. The zero-order chi connectivity index (χ0) is 20.5. The molecule has 0 aliphatic carbocycles. The van der Waals surface area contributed by atoms with Crippen LogP contribution in [0.3, 0.4) is 0 Å². The summed E-state index contributed by atoms with van der Waals surface area (Å²) in [6.07, 6.45) is 4.38. The van der Waals surface area contributed by atoms with Crippen LogP contribution in [0.15, 0.2) is 24.3 Å². The van der Waals surface area contributed by atoms with E-state index < -0.39 is 0 Å². The maximum Gasteiger partial charge on any atom is 0.246 e. The van der Waals surface area contributed by atoms with E-state index in [1.165, 1.54) is 6.08 Å². The van der Waals surface area contributed by atoms with E-state index >= 15 is 0 Å². The van der Waals surface area contributed by atoms with Gasteiger partial charge in [0.15, 0.2) is 0 Å². The number of aliphatic hydroxyl groups is 1. The number of amides is 2. The summed E-state index contributed by atoms with van der Waals surface area (Å²) in [6.45, 7) is 3.71. The minimum atomic E-state index is -0.122. The first-order valence-corrected chi connectivity index (χ1v) is 10.2. The minimum Gasteiger partial charge on any atom is -0.395 e. The SMILES string of the molecule is CN(CCO)CCCN1CCN(C(=O)/C=C/c2ccc(Cl)c(Cl)c2)CCC1=O. The fourth-order valence-corrected chi connectivity index (χ4v) is 3.33. The summed E-state index contributed by atoms with van der Waals surface area (Å²) in [5.41, 5.74) is 0.794. The van der Waals surface area contributed by atoms with E-state index in [1.807, 2.05) is 16.8 Å². The molecule has 1 heterocycles. The zero-order valence-corrected chi connectivity index (χ0v) is 17.6. The maximum absolute atomic E-state index is 12.5. The Hall–Kier alpha value is -1.60. The molecule has 0 radical (unpaired) electrons. The molecule has 1 aromatic carbocycles. The lowest BCUT2D eigenvalue weighted by atomic mass is 10.2. The van der Waals surface area contributed by atoms with Gasteiger partial charge in [0.2, 0.25) is 11.8 Å². The molecule has 0 unspecified atom stereocenters. The van der Waals surface area contributed by atoms with E-state index in [0.717, 1.165) is 18.5 Å². The van der Waals surface area contributed by atoms with Gasteiger partial charge in [-0.2, -0.15) is 0 Å². The van der Waals surface area contributed by atoms with Crippen LogP contribution in [0, 0.1) is 0 Å². The topological polar surface area (TPSA) is 64.1 Å². The van der Waals surface area contributed by atoms with Gasteiger partial charge in [-0.25, -0.2) is 0 Å². The predicted molar refractivity (Wildman–Crippen MR) is 112 cm³/mol. The normalized spacial score (nSPS) is 15.5. The van der Waals surface area contributed by atoms with E-state index in [-0.39, 0.29) is 18.4 Å². The van der Waals surface area contributed by atoms with Gasteiger partial charge in [0.1, 0.15) is 0 Å². The molecule has 28 heavy (non-hydrogen) atoms. The number of likely N-dealkylation sites (N-methyl/N-ethyl adjacent to an activating group) is 1. The summed E-state index contributed by atoms with van der Waals surface area (Å²) < 4.78 is 0. The van der Waals surface area contributed by atoms with Gasteiger partial charge in [0, 0.05) is 45.2 Å². The number of benzene rings is 1. The quantitative estimate of drug-likeness (QED) is 0.646. The Labute approximate surface area is 176 Å². The van der Waals surface area contributed by atoms with E-state index in [2.05, 4.69) is 0 Å². The molecule has 6 nitrogen and oxygen atoms in total. The third kappa shape index (κ3) is 7.09. The average Bonchev–Trinajstić information content (AvgIpc) is 2.85. The molecular weight excluding hydrogens is 401 g/mol. The molecule has 1 saturated heterocycles. The molecule has 1 aromatic rings. The highest BCUT2D eigenvalue weighted by molar-refractivity contribution is 6.42. The van der Waals surface area contributed by atoms with Crippen LogP contribution in [0.4, 0.5) is 0 Å². The van der Waals surface area contributed by atoms with Crippen molar-refractivity contribution >= 4 is 41.1 Å². The van der Waals surface area contributed by atoms with Crippen LogP contribution in [0.5, 0.6) is 0 Å². The molecule has 0 saturated carbocycles. The van der Waals surface area contributed by atoms with Crippen LogP contribution >= 0.6 is 23.2 Å². The van der Waals surface area contributed by atoms with Crippen molar-refractivity contribution in [3.8, 4) is 0 Å². The van der Waals surface area contributed by atoms with Crippen molar-refractivity contribution in [2.75, 3.05) is 52.9 Å². The van der Waals surface area contributed by atoms with Crippen molar-refractivity contribution in [3.05, 3.63) is 39.9 Å². The number of carbonyl (C=O) groups is 2. The van der Waals surface area contributed by atoms with Crippen molar-refractivity contribution in [1.29, 1.82) is 0 Å². The number of halogens is 2. The van der Waals surface area contributed by atoms with E-state index in [0.29, 0.717) is 49.2 Å². The summed E-state index contributed by atoms with van der Waals surface area (Å²) >= 11 is 11.9. The van der Waals surface area contributed by atoms with Gasteiger partial charge in [-0.05, 0) is 43.8 Å². The standard InChI is InChI=1S/C20H27Cl2N3O3/c1-23(13-14-26)8-2-9-24-11-12-25(10-7-20(24)28)19(27)6-4-16-3-5-17(21)18(22)15-16/h3-6,15,26H,2,7-14H2,1H3/b6-4+. The molecule has 2 rings (SSSR count). The van der Waals surface area contributed by atoms with Crippen LogP contribution in [-0.4, -0.2) is 84.5 Å². The third-order valence-electron chi connectivity index (χ3n) is 4.71. The molecule has 0 bridgehead atoms. The molecule has 0 atom stereocenters. The fraction of sp³-hybridized carbons (Fsp3) is 0.500. The maximum atomic E-state index is 12.5. The summed E-state index contributed by atoms with van der Waals surface area (Å²) in [5, 5.41) is 9.84. The molecule has 154 valence electrons. The van der Waals surface area contributed by atoms with E-state index in [4.69, 9.17) is 28.3 Å². The molecular formula is C20H27Cl2N3O3. The van der Waals surface area contributed by atoms with E-state index in [9.17, 15) is 9.59 Å². The summed E-state index contributed by atoms with van der Waals surface area (Å²) in [7, 11) is 1.95.